The second-order valence-corrected chi connectivity index (χ2v) is 7.43. The summed E-state index contributed by atoms with van der Waals surface area (Å²) in [6.45, 7) is 1.49. The summed E-state index contributed by atoms with van der Waals surface area (Å²) in [4.78, 5) is 30.2. The molecular weight excluding hydrogens is 354 g/mol. The Morgan fingerprint density at radius 1 is 1.08 bits per heavy atom. The summed E-state index contributed by atoms with van der Waals surface area (Å²) in [7, 11) is 0. The number of amides is 1. The van der Waals surface area contributed by atoms with Crippen molar-refractivity contribution in [1.29, 1.82) is 0 Å². The lowest BCUT2D eigenvalue weighted by Crippen LogP contribution is -2.09. The number of imidazole rings is 1. The maximum Gasteiger partial charge on any atom is 0.265 e. The van der Waals surface area contributed by atoms with Crippen LogP contribution in [0.3, 0.4) is 0 Å². The molecule has 0 radical (unpaired) electrons. The van der Waals surface area contributed by atoms with Gasteiger partial charge in [-0.3, -0.25) is 14.0 Å². The fraction of sp³-hybridized carbons (Fsp3) is 0.0556. The van der Waals surface area contributed by atoms with E-state index in [1.165, 1.54) is 18.3 Å². The third kappa shape index (κ3) is 3.11. The lowest BCUT2D eigenvalue weighted by molar-refractivity contribution is 0.101. The molecule has 0 aliphatic heterocycles. The van der Waals surface area contributed by atoms with Crippen molar-refractivity contribution in [3.8, 4) is 11.3 Å². The highest BCUT2D eigenvalue weighted by Crippen LogP contribution is 2.24. The predicted octanol–water partition coefficient (Wildman–Crippen LogP) is 4.58. The first-order valence-corrected chi connectivity index (χ1v) is 9.24. The maximum atomic E-state index is 12.3. The number of fused-ring (bicyclic) bond motifs is 1. The Balaban J connectivity index is 1.50. The van der Waals surface area contributed by atoms with Crippen molar-refractivity contribution in [2.24, 2.45) is 0 Å². The van der Waals surface area contributed by atoms with Crippen LogP contribution >= 0.6 is 22.7 Å². The molecule has 0 saturated heterocycles. The number of nitrogens with zero attached hydrogens (tertiary/aromatic N) is 2. The number of ketones is 1. The molecule has 124 valence electrons. The molecule has 0 fully saturated rings. The Kier molecular flexibility index (Phi) is 3.95. The molecule has 0 atom stereocenters. The Bertz CT molecular complexity index is 1040. The molecule has 3 heterocycles. The highest BCUT2D eigenvalue weighted by Gasteiger charge is 2.12. The van der Waals surface area contributed by atoms with Gasteiger partial charge in [0.25, 0.3) is 5.91 Å². The average Bonchev–Trinajstić information content (AvgIpc) is 3.31. The van der Waals surface area contributed by atoms with Crippen LogP contribution in [0.15, 0.2) is 54.2 Å². The second-order valence-electron chi connectivity index (χ2n) is 5.47. The van der Waals surface area contributed by atoms with E-state index in [4.69, 9.17) is 0 Å². The lowest BCUT2D eigenvalue weighted by Gasteiger charge is -2.04. The van der Waals surface area contributed by atoms with E-state index in [1.807, 2.05) is 46.4 Å². The van der Waals surface area contributed by atoms with Crippen molar-refractivity contribution in [2.75, 3.05) is 5.32 Å². The van der Waals surface area contributed by atoms with Crippen LogP contribution in [-0.2, 0) is 0 Å². The molecule has 0 aliphatic carbocycles. The molecule has 4 aromatic rings. The van der Waals surface area contributed by atoms with Crippen LogP contribution in [0.4, 0.5) is 5.69 Å². The van der Waals surface area contributed by atoms with E-state index in [0.29, 0.717) is 15.4 Å². The number of hydrogen-bond acceptors (Lipinski definition) is 5. The second kappa shape index (κ2) is 6.27. The fourth-order valence-electron chi connectivity index (χ4n) is 2.43. The summed E-state index contributed by atoms with van der Waals surface area (Å²) in [6, 6.07) is 10.9. The number of Topliss-reactive ketones (excluding diaryl/α,β-unsaturated/α-hetero) is 1. The van der Waals surface area contributed by atoms with Crippen LogP contribution in [0.5, 0.6) is 0 Å². The minimum atomic E-state index is -0.215. The van der Waals surface area contributed by atoms with Crippen molar-refractivity contribution in [1.82, 2.24) is 9.38 Å². The summed E-state index contributed by atoms with van der Waals surface area (Å²) in [5, 5.41) is 4.84. The molecule has 25 heavy (non-hydrogen) atoms. The molecule has 3 aromatic heterocycles. The number of nitrogens with one attached hydrogen (secondary N) is 1. The van der Waals surface area contributed by atoms with E-state index in [2.05, 4.69) is 10.3 Å². The quantitative estimate of drug-likeness (QED) is 0.537. The summed E-state index contributed by atoms with van der Waals surface area (Å²) in [5.41, 5.74) is 2.59. The summed E-state index contributed by atoms with van der Waals surface area (Å²) < 4.78 is 1.99. The number of thiazole rings is 1. The zero-order chi connectivity index (χ0) is 17.4. The standard InChI is InChI=1S/C18H13N3O2S2/c1-11(22)15-6-7-16(25-15)17(23)19-13-4-2-12(3-5-13)14-10-21-8-9-24-18(21)20-14/h2-10H,1H3,(H,19,23). The van der Waals surface area contributed by atoms with Crippen LogP contribution in [0.25, 0.3) is 16.2 Å². The van der Waals surface area contributed by atoms with Crippen LogP contribution in [0, 0.1) is 0 Å². The molecule has 0 unspecified atom stereocenters. The van der Waals surface area contributed by atoms with Gasteiger partial charge >= 0.3 is 0 Å². The SMILES string of the molecule is CC(=O)c1ccc(C(=O)Nc2ccc(-c3cn4ccsc4n3)cc2)s1. The molecule has 5 nitrogen and oxygen atoms in total. The molecule has 0 bridgehead atoms. The van der Waals surface area contributed by atoms with Gasteiger partial charge in [0.1, 0.15) is 0 Å². The van der Waals surface area contributed by atoms with Crippen LogP contribution in [0.2, 0.25) is 0 Å². The summed E-state index contributed by atoms with van der Waals surface area (Å²) in [5.74, 6) is -0.249. The molecule has 4 rings (SSSR count). The fourth-order valence-corrected chi connectivity index (χ4v) is 3.93. The number of hydrogen-bond donors (Lipinski definition) is 1. The number of rotatable bonds is 4. The number of thiophene rings is 1. The van der Waals surface area contributed by atoms with E-state index in [-0.39, 0.29) is 11.7 Å². The largest absolute Gasteiger partial charge is 0.321 e. The first-order valence-electron chi connectivity index (χ1n) is 7.55. The predicted molar refractivity (Wildman–Crippen MR) is 101 cm³/mol. The molecule has 0 spiro atoms. The van der Waals surface area contributed by atoms with E-state index in [0.717, 1.165) is 16.2 Å². The Labute approximate surface area is 151 Å². The van der Waals surface area contributed by atoms with Gasteiger partial charge in [-0.1, -0.05) is 12.1 Å². The lowest BCUT2D eigenvalue weighted by atomic mass is 10.1. The average molecular weight is 367 g/mol. The number of benzene rings is 1. The molecule has 0 aliphatic rings. The van der Waals surface area contributed by atoms with Gasteiger partial charge in [0.2, 0.25) is 0 Å². The minimum absolute atomic E-state index is 0.0339. The van der Waals surface area contributed by atoms with E-state index >= 15 is 0 Å². The van der Waals surface area contributed by atoms with Crippen LogP contribution in [-0.4, -0.2) is 21.1 Å². The van der Waals surface area contributed by atoms with Gasteiger partial charge < -0.3 is 5.32 Å². The zero-order valence-electron chi connectivity index (χ0n) is 13.2. The zero-order valence-corrected chi connectivity index (χ0v) is 14.9. The van der Waals surface area contributed by atoms with Crippen LogP contribution in [0.1, 0.15) is 26.3 Å². The van der Waals surface area contributed by atoms with Crippen LogP contribution < -0.4 is 5.32 Å². The van der Waals surface area contributed by atoms with E-state index in [9.17, 15) is 9.59 Å². The van der Waals surface area contributed by atoms with Crippen molar-refractivity contribution < 1.29 is 9.59 Å². The molecule has 0 saturated carbocycles. The highest BCUT2D eigenvalue weighted by atomic mass is 32.1. The van der Waals surface area contributed by atoms with Gasteiger partial charge in [-0.05, 0) is 31.2 Å². The molecule has 1 aromatic carbocycles. The first-order chi connectivity index (χ1) is 12.1. The minimum Gasteiger partial charge on any atom is -0.321 e. The number of carbonyl (C=O) groups excluding carboxylic acids is 2. The molecular formula is C18H13N3O2S2. The summed E-state index contributed by atoms with van der Waals surface area (Å²) >= 11 is 2.79. The van der Waals surface area contributed by atoms with Gasteiger partial charge in [-0.25, -0.2) is 4.98 Å². The maximum absolute atomic E-state index is 12.3. The van der Waals surface area contributed by atoms with Gasteiger partial charge in [0.15, 0.2) is 10.7 Å². The third-order valence-electron chi connectivity index (χ3n) is 3.71. The van der Waals surface area contributed by atoms with Gasteiger partial charge in [0, 0.05) is 29.0 Å². The Morgan fingerprint density at radius 3 is 2.52 bits per heavy atom. The monoisotopic (exact) mass is 367 g/mol. The molecule has 1 amide bonds. The highest BCUT2D eigenvalue weighted by molar-refractivity contribution is 7.16. The van der Waals surface area contributed by atoms with Crippen molar-refractivity contribution in [3.05, 3.63) is 63.9 Å². The Hall–Kier alpha value is -2.77. The van der Waals surface area contributed by atoms with Gasteiger partial charge in [-0.15, -0.1) is 22.7 Å². The Morgan fingerprint density at radius 2 is 1.84 bits per heavy atom. The smallest absolute Gasteiger partial charge is 0.265 e. The van der Waals surface area contributed by atoms with Crippen molar-refractivity contribution in [3.63, 3.8) is 0 Å². The van der Waals surface area contributed by atoms with E-state index in [1.54, 1.807) is 23.5 Å². The third-order valence-corrected chi connectivity index (χ3v) is 5.66. The molecule has 7 heteroatoms. The number of aromatic nitrogens is 2. The van der Waals surface area contributed by atoms with Gasteiger partial charge in [-0.2, -0.15) is 0 Å². The van der Waals surface area contributed by atoms with E-state index < -0.39 is 0 Å². The van der Waals surface area contributed by atoms with Gasteiger partial charge in [0.05, 0.1) is 15.4 Å². The normalized spacial score (nSPS) is 10.9. The molecule has 1 N–H and O–H groups in total. The van der Waals surface area contributed by atoms with Crippen molar-refractivity contribution >= 4 is 45.0 Å². The topological polar surface area (TPSA) is 63.5 Å². The van der Waals surface area contributed by atoms with Crippen molar-refractivity contribution in [2.45, 2.75) is 6.92 Å². The first kappa shape index (κ1) is 15.7. The summed E-state index contributed by atoms with van der Waals surface area (Å²) in [6.07, 6.45) is 3.95. The number of carbonyl (C=O) groups is 2. The number of anilines is 1.